The van der Waals surface area contributed by atoms with Gasteiger partial charge in [-0.3, -0.25) is 4.98 Å². The molecule has 1 N–H and O–H groups in total. The summed E-state index contributed by atoms with van der Waals surface area (Å²) in [5, 5.41) is 1.05. The molecule has 0 radical (unpaired) electrons. The summed E-state index contributed by atoms with van der Waals surface area (Å²) >= 11 is 3.27. The number of sulfonamides is 1. The molecule has 0 atom stereocenters. The zero-order valence-electron chi connectivity index (χ0n) is 12.2. The Morgan fingerprint density at radius 2 is 1.78 bits per heavy atom. The predicted molar refractivity (Wildman–Crippen MR) is 94.8 cm³/mol. The fraction of sp³-hybridized carbons (Fsp3) is 0.118. The molecule has 4 nitrogen and oxygen atoms in total. The summed E-state index contributed by atoms with van der Waals surface area (Å²) in [6.45, 7) is 0.319. The Kier molecular flexibility index (Phi) is 4.75. The van der Waals surface area contributed by atoms with Crippen molar-refractivity contribution in [2.24, 2.45) is 0 Å². The van der Waals surface area contributed by atoms with E-state index in [-0.39, 0.29) is 4.90 Å². The van der Waals surface area contributed by atoms with Crippen LogP contribution in [0.15, 0.2) is 70.2 Å². The maximum atomic E-state index is 12.4. The van der Waals surface area contributed by atoms with Gasteiger partial charge >= 0.3 is 0 Å². The number of pyridine rings is 1. The predicted octanol–water partition coefficient (Wildman–Crippen LogP) is 3.52. The molecular weight excluding hydrogens is 376 g/mol. The van der Waals surface area contributed by atoms with Crippen molar-refractivity contribution in [1.29, 1.82) is 0 Å². The number of benzene rings is 2. The Bertz CT molecular complexity index is 937. The number of nitrogens with one attached hydrogen (secondary N) is 1. The number of para-hydroxylation sites is 1. The van der Waals surface area contributed by atoms with Crippen LogP contribution in [-0.4, -0.2) is 19.9 Å². The van der Waals surface area contributed by atoms with Crippen LogP contribution in [0.3, 0.4) is 0 Å². The minimum absolute atomic E-state index is 0.246. The van der Waals surface area contributed by atoms with Crippen LogP contribution in [0.2, 0.25) is 0 Å². The summed E-state index contributed by atoms with van der Waals surface area (Å²) in [4.78, 5) is 4.63. The molecule has 1 heterocycles. The molecule has 0 fully saturated rings. The third kappa shape index (κ3) is 3.60. The van der Waals surface area contributed by atoms with Gasteiger partial charge in [0.2, 0.25) is 10.0 Å². The smallest absolute Gasteiger partial charge is 0.241 e. The highest BCUT2D eigenvalue weighted by atomic mass is 79.9. The molecule has 0 saturated heterocycles. The van der Waals surface area contributed by atoms with E-state index in [9.17, 15) is 8.42 Å². The Morgan fingerprint density at radius 3 is 2.61 bits per heavy atom. The van der Waals surface area contributed by atoms with Gasteiger partial charge in [0.25, 0.3) is 0 Å². The van der Waals surface area contributed by atoms with Crippen LogP contribution in [0.25, 0.3) is 10.9 Å². The van der Waals surface area contributed by atoms with E-state index in [4.69, 9.17) is 0 Å². The number of hydrogen-bond donors (Lipinski definition) is 1. The summed E-state index contributed by atoms with van der Waals surface area (Å²) in [7, 11) is -3.53. The van der Waals surface area contributed by atoms with Crippen molar-refractivity contribution in [3.05, 3.63) is 70.8 Å². The molecule has 2 aromatic carbocycles. The molecule has 0 bridgehead atoms. The summed E-state index contributed by atoms with van der Waals surface area (Å²) in [5.41, 5.74) is 1.94. The Balaban J connectivity index is 1.75. The van der Waals surface area contributed by atoms with Gasteiger partial charge in [0.05, 0.1) is 10.4 Å². The summed E-state index contributed by atoms with van der Waals surface area (Å²) in [6.07, 6.45) is 2.33. The first-order chi connectivity index (χ1) is 11.1. The van der Waals surface area contributed by atoms with E-state index >= 15 is 0 Å². The quantitative estimate of drug-likeness (QED) is 0.724. The standard InChI is InChI=1S/C17H15BrN2O2S/c18-15-8-1-2-9-16(15)23(21,22)20-12-10-14-6-3-5-13-7-4-11-19-17(13)14/h1-9,11,20H,10,12H2. The topological polar surface area (TPSA) is 59.1 Å². The Hall–Kier alpha value is -1.76. The van der Waals surface area contributed by atoms with Crippen molar-refractivity contribution in [2.45, 2.75) is 11.3 Å². The van der Waals surface area contributed by atoms with E-state index in [1.165, 1.54) is 0 Å². The molecule has 0 spiro atoms. The average molecular weight is 391 g/mol. The van der Waals surface area contributed by atoms with Gasteiger partial charge in [-0.15, -0.1) is 0 Å². The molecule has 3 rings (SSSR count). The zero-order chi connectivity index (χ0) is 16.3. The van der Waals surface area contributed by atoms with Gasteiger partial charge in [0.15, 0.2) is 0 Å². The number of nitrogens with zero attached hydrogens (tertiary/aromatic N) is 1. The molecular formula is C17H15BrN2O2S. The molecule has 0 unspecified atom stereocenters. The largest absolute Gasteiger partial charge is 0.256 e. The molecule has 0 aliphatic rings. The zero-order valence-corrected chi connectivity index (χ0v) is 14.6. The monoisotopic (exact) mass is 390 g/mol. The van der Waals surface area contributed by atoms with Crippen molar-refractivity contribution in [1.82, 2.24) is 9.71 Å². The summed E-state index contributed by atoms with van der Waals surface area (Å²) < 4.78 is 27.9. The number of rotatable bonds is 5. The molecule has 3 aromatic rings. The number of fused-ring (bicyclic) bond motifs is 1. The SMILES string of the molecule is O=S(=O)(NCCc1cccc2cccnc12)c1ccccc1Br. The fourth-order valence-electron chi connectivity index (χ4n) is 2.43. The molecule has 0 amide bonds. The van der Waals surface area contributed by atoms with Crippen LogP contribution < -0.4 is 4.72 Å². The first-order valence-corrected chi connectivity index (χ1v) is 9.42. The first kappa shape index (κ1) is 16.1. The van der Waals surface area contributed by atoms with Crippen LogP contribution in [0.1, 0.15) is 5.56 Å². The average Bonchev–Trinajstić information content (AvgIpc) is 2.55. The lowest BCUT2D eigenvalue weighted by atomic mass is 10.1. The van der Waals surface area contributed by atoms with Gasteiger partial charge in [-0.25, -0.2) is 13.1 Å². The number of aromatic nitrogens is 1. The highest BCUT2D eigenvalue weighted by Gasteiger charge is 2.16. The van der Waals surface area contributed by atoms with Gasteiger partial charge in [-0.1, -0.05) is 36.4 Å². The first-order valence-electron chi connectivity index (χ1n) is 7.15. The van der Waals surface area contributed by atoms with Gasteiger partial charge in [0, 0.05) is 22.6 Å². The normalized spacial score (nSPS) is 11.7. The molecule has 0 aliphatic heterocycles. The van der Waals surface area contributed by atoms with Crippen molar-refractivity contribution in [3.8, 4) is 0 Å². The highest BCUT2D eigenvalue weighted by molar-refractivity contribution is 9.10. The Labute approximate surface area is 143 Å². The van der Waals surface area contributed by atoms with E-state index in [1.54, 1.807) is 30.5 Å². The van der Waals surface area contributed by atoms with Gasteiger partial charge < -0.3 is 0 Å². The molecule has 1 aromatic heterocycles. The summed E-state index contributed by atoms with van der Waals surface area (Å²) in [6, 6.07) is 16.6. The van der Waals surface area contributed by atoms with Gasteiger partial charge in [-0.2, -0.15) is 0 Å². The molecule has 23 heavy (non-hydrogen) atoms. The second kappa shape index (κ2) is 6.78. The van der Waals surface area contributed by atoms with E-state index in [0.717, 1.165) is 16.5 Å². The lowest BCUT2D eigenvalue weighted by molar-refractivity contribution is 0.581. The number of halogens is 1. The molecule has 6 heteroatoms. The van der Waals surface area contributed by atoms with E-state index in [0.29, 0.717) is 17.4 Å². The Morgan fingerprint density at radius 1 is 1.00 bits per heavy atom. The van der Waals surface area contributed by atoms with E-state index < -0.39 is 10.0 Å². The second-order valence-electron chi connectivity index (χ2n) is 5.07. The summed E-state index contributed by atoms with van der Waals surface area (Å²) in [5.74, 6) is 0. The van der Waals surface area contributed by atoms with Crippen LogP contribution in [-0.2, 0) is 16.4 Å². The second-order valence-corrected chi connectivity index (χ2v) is 7.66. The van der Waals surface area contributed by atoms with Crippen molar-refractivity contribution < 1.29 is 8.42 Å². The van der Waals surface area contributed by atoms with Gasteiger partial charge in [-0.05, 0) is 46.1 Å². The van der Waals surface area contributed by atoms with E-state index in [1.807, 2.05) is 30.3 Å². The lowest BCUT2D eigenvalue weighted by Crippen LogP contribution is -2.26. The molecule has 118 valence electrons. The fourth-order valence-corrected chi connectivity index (χ4v) is 4.46. The highest BCUT2D eigenvalue weighted by Crippen LogP contribution is 2.21. The lowest BCUT2D eigenvalue weighted by Gasteiger charge is -2.09. The third-order valence-electron chi connectivity index (χ3n) is 3.53. The van der Waals surface area contributed by atoms with E-state index in [2.05, 4.69) is 25.6 Å². The minimum Gasteiger partial charge on any atom is -0.256 e. The van der Waals surface area contributed by atoms with Crippen LogP contribution in [0.5, 0.6) is 0 Å². The minimum atomic E-state index is -3.53. The van der Waals surface area contributed by atoms with Gasteiger partial charge in [0.1, 0.15) is 0 Å². The van der Waals surface area contributed by atoms with Crippen molar-refractivity contribution >= 4 is 36.9 Å². The number of hydrogen-bond acceptors (Lipinski definition) is 3. The molecule has 0 saturated carbocycles. The maximum Gasteiger partial charge on any atom is 0.241 e. The molecule has 0 aliphatic carbocycles. The third-order valence-corrected chi connectivity index (χ3v) is 6.00. The van der Waals surface area contributed by atoms with Crippen LogP contribution in [0, 0.1) is 0 Å². The van der Waals surface area contributed by atoms with Crippen molar-refractivity contribution in [3.63, 3.8) is 0 Å². The van der Waals surface area contributed by atoms with Crippen LogP contribution >= 0.6 is 15.9 Å². The maximum absolute atomic E-state index is 12.4. The van der Waals surface area contributed by atoms with Crippen molar-refractivity contribution in [2.75, 3.05) is 6.54 Å². The van der Waals surface area contributed by atoms with Crippen LogP contribution in [0.4, 0.5) is 0 Å².